The molecule has 3 aromatic rings. The maximum atomic E-state index is 12.6. The molecule has 2 aromatic carbocycles. The van der Waals surface area contributed by atoms with Crippen molar-refractivity contribution in [2.75, 3.05) is 26.3 Å². The van der Waals surface area contributed by atoms with Gasteiger partial charge in [-0.3, -0.25) is 4.79 Å². The molecule has 196 valence electrons. The number of carbonyl (C=O) groups excluding carboxylic acids is 2. The Morgan fingerprint density at radius 3 is 2.27 bits per heavy atom. The minimum atomic E-state index is -0.319. The maximum Gasteiger partial charge on any atom is 0.409 e. The van der Waals surface area contributed by atoms with Crippen LogP contribution in [0.1, 0.15) is 44.6 Å². The van der Waals surface area contributed by atoms with Crippen molar-refractivity contribution in [2.45, 2.75) is 46.5 Å². The van der Waals surface area contributed by atoms with Crippen molar-refractivity contribution in [1.29, 1.82) is 0 Å². The predicted molar refractivity (Wildman–Crippen MR) is 142 cm³/mol. The molecule has 1 aromatic heterocycles. The molecule has 1 aliphatic heterocycles. The summed E-state index contributed by atoms with van der Waals surface area (Å²) in [6.07, 6.45) is 2.48. The maximum absolute atomic E-state index is 12.6. The number of oxazole rings is 1. The number of hydrogen-bond donors (Lipinski definition) is 0. The summed E-state index contributed by atoms with van der Waals surface area (Å²) in [6, 6.07) is 18.3. The lowest BCUT2D eigenvalue weighted by Gasteiger charge is -2.34. The minimum absolute atomic E-state index is 0.100. The number of hydrogen-bond acceptors (Lipinski definition) is 6. The molecule has 0 bridgehead atoms. The SMILES string of the molecule is CCOC(=O)C(CC)C1CCN(C(=O)OCCc2nc(-c3ccc(-c4ccccc4)cc3)oc2C)CC1. The highest BCUT2D eigenvalue weighted by molar-refractivity contribution is 5.73. The number of esters is 1. The summed E-state index contributed by atoms with van der Waals surface area (Å²) >= 11 is 0. The van der Waals surface area contributed by atoms with Crippen LogP contribution in [0.15, 0.2) is 59.0 Å². The predicted octanol–water partition coefficient (Wildman–Crippen LogP) is 6.30. The molecule has 1 aliphatic rings. The van der Waals surface area contributed by atoms with Crippen LogP contribution in [-0.2, 0) is 20.7 Å². The Kier molecular flexibility index (Phi) is 8.99. The normalized spacial score (nSPS) is 14.8. The number of aromatic nitrogens is 1. The fraction of sp³-hybridized carbons (Fsp3) is 0.433. The largest absolute Gasteiger partial charge is 0.466 e. The molecule has 7 heteroatoms. The standard InChI is InChI=1S/C30H36N2O5/c1-4-26(29(33)35-5-2)24-15-18-32(19-16-24)30(34)36-20-17-27-21(3)37-28(31-27)25-13-11-23(12-14-25)22-9-7-6-8-10-22/h6-14,24,26H,4-5,15-20H2,1-3H3. The van der Waals surface area contributed by atoms with Gasteiger partial charge in [0.1, 0.15) is 5.76 Å². The van der Waals surface area contributed by atoms with E-state index in [1.54, 1.807) is 4.90 Å². The molecule has 1 saturated heterocycles. The highest BCUT2D eigenvalue weighted by atomic mass is 16.6. The molecular formula is C30H36N2O5. The van der Waals surface area contributed by atoms with Crippen LogP contribution in [0.4, 0.5) is 4.79 Å². The van der Waals surface area contributed by atoms with E-state index >= 15 is 0 Å². The number of piperidine rings is 1. The average Bonchev–Trinajstić information content (AvgIpc) is 3.30. The number of likely N-dealkylation sites (tertiary alicyclic amines) is 1. The fourth-order valence-electron chi connectivity index (χ4n) is 4.97. The molecule has 1 amide bonds. The lowest BCUT2D eigenvalue weighted by molar-refractivity contribution is -0.150. The number of aryl methyl sites for hydroxylation is 1. The number of rotatable bonds is 9. The summed E-state index contributed by atoms with van der Waals surface area (Å²) in [7, 11) is 0. The second-order valence-electron chi connectivity index (χ2n) is 9.42. The minimum Gasteiger partial charge on any atom is -0.466 e. The van der Waals surface area contributed by atoms with Gasteiger partial charge in [-0.15, -0.1) is 0 Å². The van der Waals surface area contributed by atoms with Gasteiger partial charge in [0.15, 0.2) is 0 Å². The van der Waals surface area contributed by atoms with Gasteiger partial charge in [0.05, 0.1) is 24.8 Å². The van der Waals surface area contributed by atoms with Gasteiger partial charge in [0, 0.05) is 25.1 Å². The number of nitrogens with zero attached hydrogens (tertiary/aromatic N) is 2. The third kappa shape index (κ3) is 6.59. The van der Waals surface area contributed by atoms with Crippen LogP contribution in [0, 0.1) is 18.8 Å². The summed E-state index contributed by atoms with van der Waals surface area (Å²) in [4.78, 5) is 31.2. The first kappa shape index (κ1) is 26.5. The van der Waals surface area contributed by atoms with Gasteiger partial charge in [0.2, 0.25) is 5.89 Å². The molecule has 1 atom stereocenters. The number of amides is 1. The Morgan fingerprint density at radius 2 is 1.62 bits per heavy atom. The van der Waals surface area contributed by atoms with E-state index in [1.807, 2.05) is 51.1 Å². The summed E-state index contributed by atoms with van der Waals surface area (Å²) < 4.78 is 16.7. The Hall–Kier alpha value is -3.61. The van der Waals surface area contributed by atoms with E-state index < -0.39 is 0 Å². The van der Waals surface area contributed by atoms with Crippen LogP contribution >= 0.6 is 0 Å². The smallest absolute Gasteiger partial charge is 0.409 e. The summed E-state index contributed by atoms with van der Waals surface area (Å²) in [6.45, 7) is 7.53. The second kappa shape index (κ2) is 12.6. The van der Waals surface area contributed by atoms with Crippen molar-refractivity contribution < 1.29 is 23.5 Å². The highest BCUT2D eigenvalue weighted by Crippen LogP contribution is 2.29. The van der Waals surface area contributed by atoms with Gasteiger partial charge in [-0.1, -0.05) is 49.4 Å². The van der Waals surface area contributed by atoms with Gasteiger partial charge in [-0.05, 0) is 62.3 Å². The molecule has 0 spiro atoms. The van der Waals surface area contributed by atoms with Crippen LogP contribution < -0.4 is 0 Å². The van der Waals surface area contributed by atoms with Crippen molar-refractivity contribution >= 4 is 12.1 Å². The van der Waals surface area contributed by atoms with E-state index in [-0.39, 0.29) is 30.5 Å². The molecule has 2 heterocycles. The van der Waals surface area contributed by atoms with E-state index in [0.717, 1.165) is 47.4 Å². The van der Waals surface area contributed by atoms with Crippen molar-refractivity contribution in [1.82, 2.24) is 9.88 Å². The van der Waals surface area contributed by atoms with Gasteiger partial charge < -0.3 is 18.8 Å². The Bertz CT molecular complexity index is 1160. The molecule has 0 radical (unpaired) electrons. The van der Waals surface area contributed by atoms with E-state index in [1.165, 1.54) is 0 Å². The topological polar surface area (TPSA) is 81.9 Å². The molecule has 1 unspecified atom stereocenters. The van der Waals surface area contributed by atoms with Crippen LogP contribution in [0.5, 0.6) is 0 Å². The average molecular weight is 505 g/mol. The third-order valence-electron chi connectivity index (χ3n) is 7.09. The first-order valence-electron chi connectivity index (χ1n) is 13.2. The van der Waals surface area contributed by atoms with Crippen LogP contribution in [-0.4, -0.2) is 48.2 Å². The van der Waals surface area contributed by atoms with Gasteiger partial charge in [0.25, 0.3) is 0 Å². The van der Waals surface area contributed by atoms with Gasteiger partial charge in [-0.25, -0.2) is 9.78 Å². The Morgan fingerprint density at radius 1 is 0.973 bits per heavy atom. The summed E-state index contributed by atoms with van der Waals surface area (Å²) in [5, 5.41) is 0. The van der Waals surface area contributed by atoms with E-state index in [4.69, 9.17) is 13.9 Å². The lowest BCUT2D eigenvalue weighted by atomic mass is 9.83. The van der Waals surface area contributed by atoms with Crippen molar-refractivity contribution in [3.05, 3.63) is 66.1 Å². The molecule has 0 N–H and O–H groups in total. The zero-order valence-electron chi connectivity index (χ0n) is 21.9. The monoisotopic (exact) mass is 504 g/mol. The van der Waals surface area contributed by atoms with Gasteiger partial charge >= 0.3 is 12.1 Å². The van der Waals surface area contributed by atoms with Crippen molar-refractivity contribution in [2.24, 2.45) is 11.8 Å². The van der Waals surface area contributed by atoms with Crippen LogP contribution in [0.3, 0.4) is 0 Å². The zero-order chi connectivity index (χ0) is 26.2. The first-order chi connectivity index (χ1) is 18.0. The van der Waals surface area contributed by atoms with E-state index in [2.05, 4.69) is 29.2 Å². The van der Waals surface area contributed by atoms with Crippen molar-refractivity contribution in [3.63, 3.8) is 0 Å². The fourth-order valence-corrected chi connectivity index (χ4v) is 4.97. The molecule has 0 saturated carbocycles. The van der Waals surface area contributed by atoms with Crippen LogP contribution in [0.25, 0.3) is 22.6 Å². The van der Waals surface area contributed by atoms with Crippen molar-refractivity contribution in [3.8, 4) is 22.6 Å². The number of ether oxygens (including phenoxy) is 2. The number of carbonyl (C=O) groups is 2. The van der Waals surface area contributed by atoms with Crippen LogP contribution in [0.2, 0.25) is 0 Å². The Balaban J connectivity index is 1.26. The summed E-state index contributed by atoms with van der Waals surface area (Å²) in [5.41, 5.74) is 3.99. The molecule has 37 heavy (non-hydrogen) atoms. The lowest BCUT2D eigenvalue weighted by Crippen LogP contribution is -2.42. The third-order valence-corrected chi connectivity index (χ3v) is 7.09. The summed E-state index contributed by atoms with van der Waals surface area (Å²) in [5.74, 6) is 1.31. The molecule has 1 fully saturated rings. The van der Waals surface area contributed by atoms with Gasteiger partial charge in [-0.2, -0.15) is 0 Å². The Labute approximate surface area is 218 Å². The van der Waals surface area contributed by atoms with E-state index in [0.29, 0.717) is 32.0 Å². The molecule has 0 aliphatic carbocycles. The van der Waals surface area contributed by atoms with E-state index in [9.17, 15) is 9.59 Å². The second-order valence-corrected chi connectivity index (χ2v) is 9.42. The molecular weight excluding hydrogens is 468 g/mol. The highest BCUT2D eigenvalue weighted by Gasteiger charge is 2.32. The molecule has 7 nitrogen and oxygen atoms in total. The first-order valence-corrected chi connectivity index (χ1v) is 13.2. The number of benzene rings is 2. The molecule has 4 rings (SSSR count). The quantitative estimate of drug-likeness (QED) is 0.318. The zero-order valence-corrected chi connectivity index (χ0v) is 21.9.